The van der Waals surface area contributed by atoms with Crippen molar-refractivity contribution in [2.24, 2.45) is 0 Å². The van der Waals surface area contributed by atoms with Crippen LogP contribution in [0.4, 0.5) is 17.1 Å². The number of fused-ring (bicyclic) bond motifs is 5. The van der Waals surface area contributed by atoms with Gasteiger partial charge in [-0.05, 0) is 119 Å². The molecule has 0 saturated heterocycles. The second kappa shape index (κ2) is 14.0. The summed E-state index contributed by atoms with van der Waals surface area (Å²) in [4.78, 5) is 2.37. The number of rotatable bonds is 7. The van der Waals surface area contributed by atoms with Crippen LogP contribution < -0.4 is 4.90 Å². The minimum atomic E-state index is 1.10. The van der Waals surface area contributed by atoms with Crippen LogP contribution in [0, 0.1) is 0 Å². The lowest BCUT2D eigenvalue weighted by Gasteiger charge is -2.27. The minimum absolute atomic E-state index is 1.10. The molecule has 0 N–H and O–H groups in total. The fourth-order valence-corrected chi connectivity index (χ4v) is 8.12. The molecule has 10 rings (SSSR count). The molecule has 0 aromatic heterocycles. The molecule has 0 aliphatic carbocycles. The quantitative estimate of drug-likeness (QED) is 0.150. The fourth-order valence-electron chi connectivity index (χ4n) is 8.12. The summed E-state index contributed by atoms with van der Waals surface area (Å²) >= 11 is 0. The minimum Gasteiger partial charge on any atom is -0.310 e. The van der Waals surface area contributed by atoms with Crippen molar-refractivity contribution in [1.82, 2.24) is 0 Å². The standard InChI is InChI=1S/C54H37N/c1-3-13-38(14-4-1)40-27-31-46(32-28-40)55(47-20-11-18-43(35-47)39-15-5-2-6-16-39)48-21-12-19-44(36-48)50-23-9-10-24-51(50)45-26-25-42-30-33-52-49-22-8-7-17-41(49)29-34-53(52)54(42)37-45/h1-37H. The summed E-state index contributed by atoms with van der Waals surface area (Å²) in [6.07, 6.45) is 0. The number of anilines is 3. The molecule has 0 heterocycles. The van der Waals surface area contributed by atoms with Gasteiger partial charge in [0.15, 0.2) is 0 Å². The van der Waals surface area contributed by atoms with Crippen LogP contribution in [0.3, 0.4) is 0 Å². The molecule has 0 aliphatic rings. The third-order valence-corrected chi connectivity index (χ3v) is 10.8. The molecule has 1 heteroatoms. The van der Waals surface area contributed by atoms with Crippen LogP contribution in [0.5, 0.6) is 0 Å². The Labute approximate surface area is 322 Å². The Kier molecular flexibility index (Phi) is 8.24. The highest BCUT2D eigenvalue weighted by Gasteiger charge is 2.17. The summed E-state index contributed by atoms with van der Waals surface area (Å²) in [5.74, 6) is 0. The van der Waals surface area contributed by atoms with Crippen molar-refractivity contribution < 1.29 is 0 Å². The van der Waals surface area contributed by atoms with E-state index in [2.05, 4.69) is 229 Å². The third-order valence-electron chi connectivity index (χ3n) is 10.8. The van der Waals surface area contributed by atoms with Gasteiger partial charge in [0.05, 0.1) is 0 Å². The maximum Gasteiger partial charge on any atom is 0.0467 e. The van der Waals surface area contributed by atoms with Crippen molar-refractivity contribution in [1.29, 1.82) is 0 Å². The third kappa shape index (κ3) is 6.12. The molecular weight excluding hydrogens is 663 g/mol. The molecule has 55 heavy (non-hydrogen) atoms. The zero-order valence-electron chi connectivity index (χ0n) is 30.3. The summed E-state index contributed by atoms with van der Waals surface area (Å²) in [7, 11) is 0. The largest absolute Gasteiger partial charge is 0.310 e. The van der Waals surface area contributed by atoms with Gasteiger partial charge in [-0.2, -0.15) is 0 Å². The van der Waals surface area contributed by atoms with Gasteiger partial charge in [-0.25, -0.2) is 0 Å². The first-order valence-electron chi connectivity index (χ1n) is 18.9. The number of benzene rings is 10. The highest BCUT2D eigenvalue weighted by Crippen LogP contribution is 2.41. The highest BCUT2D eigenvalue weighted by atomic mass is 15.1. The van der Waals surface area contributed by atoms with Crippen molar-refractivity contribution >= 4 is 49.4 Å². The number of hydrogen-bond donors (Lipinski definition) is 0. The zero-order valence-corrected chi connectivity index (χ0v) is 30.3. The summed E-state index contributed by atoms with van der Waals surface area (Å²) in [5, 5.41) is 7.65. The first kappa shape index (κ1) is 32.4. The Morgan fingerprint density at radius 3 is 1.36 bits per heavy atom. The zero-order chi connectivity index (χ0) is 36.6. The normalized spacial score (nSPS) is 11.3. The van der Waals surface area contributed by atoms with Gasteiger partial charge in [-0.1, -0.05) is 182 Å². The molecule has 10 aromatic rings. The first-order chi connectivity index (χ1) is 27.3. The van der Waals surface area contributed by atoms with E-state index in [-0.39, 0.29) is 0 Å². The van der Waals surface area contributed by atoms with E-state index >= 15 is 0 Å². The van der Waals surface area contributed by atoms with Gasteiger partial charge in [-0.3, -0.25) is 0 Å². The van der Waals surface area contributed by atoms with E-state index in [1.54, 1.807) is 0 Å². The second-order valence-electron chi connectivity index (χ2n) is 14.1. The lowest BCUT2D eigenvalue weighted by atomic mass is 9.91. The van der Waals surface area contributed by atoms with Crippen LogP contribution in [0.15, 0.2) is 224 Å². The smallest absolute Gasteiger partial charge is 0.0467 e. The van der Waals surface area contributed by atoms with Gasteiger partial charge >= 0.3 is 0 Å². The molecule has 0 saturated carbocycles. The van der Waals surface area contributed by atoms with Gasteiger partial charge < -0.3 is 4.90 Å². The topological polar surface area (TPSA) is 3.24 Å². The van der Waals surface area contributed by atoms with Gasteiger partial charge in [-0.15, -0.1) is 0 Å². The lowest BCUT2D eigenvalue weighted by molar-refractivity contribution is 1.28. The molecule has 0 fully saturated rings. The van der Waals surface area contributed by atoms with E-state index in [9.17, 15) is 0 Å². The molecule has 0 unspecified atom stereocenters. The summed E-state index contributed by atoms with van der Waals surface area (Å²) in [5.41, 5.74) is 12.9. The Morgan fingerprint density at radius 2 is 0.673 bits per heavy atom. The van der Waals surface area contributed by atoms with Crippen molar-refractivity contribution in [2.75, 3.05) is 4.90 Å². The van der Waals surface area contributed by atoms with E-state index in [0.717, 1.165) is 17.1 Å². The monoisotopic (exact) mass is 699 g/mol. The van der Waals surface area contributed by atoms with Crippen molar-refractivity contribution in [2.45, 2.75) is 0 Å². The summed E-state index contributed by atoms with van der Waals surface area (Å²) in [6.45, 7) is 0. The van der Waals surface area contributed by atoms with E-state index in [1.165, 1.54) is 76.8 Å². The van der Waals surface area contributed by atoms with Gasteiger partial charge in [0.2, 0.25) is 0 Å². The van der Waals surface area contributed by atoms with E-state index in [4.69, 9.17) is 0 Å². The second-order valence-corrected chi connectivity index (χ2v) is 14.1. The van der Waals surface area contributed by atoms with E-state index < -0.39 is 0 Å². The summed E-state index contributed by atoms with van der Waals surface area (Å²) in [6, 6.07) is 81.4. The number of nitrogens with zero attached hydrogens (tertiary/aromatic N) is 1. The lowest BCUT2D eigenvalue weighted by Crippen LogP contribution is -2.10. The van der Waals surface area contributed by atoms with Crippen LogP contribution in [-0.4, -0.2) is 0 Å². The highest BCUT2D eigenvalue weighted by molar-refractivity contribution is 6.17. The first-order valence-corrected chi connectivity index (χ1v) is 18.9. The van der Waals surface area contributed by atoms with Gasteiger partial charge in [0, 0.05) is 17.1 Å². The Balaban J connectivity index is 1.09. The molecule has 1 nitrogen and oxygen atoms in total. The van der Waals surface area contributed by atoms with Crippen molar-refractivity contribution in [3.05, 3.63) is 224 Å². The van der Waals surface area contributed by atoms with Gasteiger partial charge in [0.1, 0.15) is 0 Å². The SMILES string of the molecule is c1ccc(-c2ccc(N(c3cccc(-c4ccccc4)c3)c3cccc(-c4ccccc4-c4ccc5ccc6c7ccccc7ccc6c5c4)c3)cc2)cc1. The van der Waals surface area contributed by atoms with Crippen LogP contribution >= 0.6 is 0 Å². The van der Waals surface area contributed by atoms with Crippen LogP contribution in [0.25, 0.3) is 76.8 Å². The summed E-state index contributed by atoms with van der Waals surface area (Å²) < 4.78 is 0. The van der Waals surface area contributed by atoms with E-state index in [1.807, 2.05) is 0 Å². The average molecular weight is 700 g/mol. The van der Waals surface area contributed by atoms with Crippen LogP contribution in [0.1, 0.15) is 0 Å². The van der Waals surface area contributed by atoms with Crippen LogP contribution in [-0.2, 0) is 0 Å². The fraction of sp³-hybridized carbons (Fsp3) is 0. The maximum atomic E-state index is 2.38. The molecule has 0 spiro atoms. The Morgan fingerprint density at radius 1 is 0.218 bits per heavy atom. The van der Waals surface area contributed by atoms with Gasteiger partial charge in [0.25, 0.3) is 0 Å². The molecule has 0 bridgehead atoms. The molecule has 0 radical (unpaired) electrons. The molecule has 258 valence electrons. The predicted molar refractivity (Wildman–Crippen MR) is 235 cm³/mol. The van der Waals surface area contributed by atoms with Crippen LogP contribution in [0.2, 0.25) is 0 Å². The Hall–Kier alpha value is -7.22. The molecular formula is C54H37N. The van der Waals surface area contributed by atoms with E-state index in [0.29, 0.717) is 0 Å². The predicted octanol–water partition coefficient (Wildman–Crippen LogP) is 15.3. The Bertz CT molecular complexity index is 2960. The molecule has 0 amide bonds. The molecule has 0 atom stereocenters. The number of hydrogen-bond acceptors (Lipinski definition) is 1. The maximum absolute atomic E-state index is 2.38. The average Bonchev–Trinajstić information content (AvgIpc) is 3.27. The molecule has 10 aromatic carbocycles. The van der Waals surface area contributed by atoms with Crippen molar-refractivity contribution in [3.8, 4) is 44.5 Å². The van der Waals surface area contributed by atoms with Crippen molar-refractivity contribution in [3.63, 3.8) is 0 Å². The molecule has 0 aliphatic heterocycles.